The van der Waals surface area contributed by atoms with Crippen LogP contribution in [0, 0.1) is 0 Å². The third-order valence-electron chi connectivity index (χ3n) is 1.72. The molecule has 1 nitrogen and oxygen atoms in total. The topological polar surface area (TPSA) is 9.23 Å². The fraction of sp³-hybridized carbons (Fsp3) is 0. The molecule has 0 saturated carbocycles. The van der Waals surface area contributed by atoms with Crippen molar-refractivity contribution in [2.45, 2.75) is 0 Å². The molecule has 0 aliphatic rings. The van der Waals surface area contributed by atoms with Crippen LogP contribution in [0.4, 0.5) is 0 Å². The summed E-state index contributed by atoms with van der Waals surface area (Å²) >= 11 is 0. The number of ether oxygens (including phenoxy) is 1. The van der Waals surface area contributed by atoms with E-state index >= 15 is 0 Å². The summed E-state index contributed by atoms with van der Waals surface area (Å²) in [4.78, 5) is 0. The van der Waals surface area contributed by atoms with Crippen molar-refractivity contribution in [2.75, 3.05) is 0 Å². The number of benzene rings is 2. The van der Waals surface area contributed by atoms with Crippen molar-refractivity contribution in [1.82, 2.24) is 0 Å². The molecule has 2 radical (unpaired) electrons. The molecule has 0 atom stereocenters. The molecular formula is C12H12OPb. The van der Waals surface area contributed by atoms with Gasteiger partial charge in [-0.2, -0.15) is 0 Å². The molecule has 2 heteroatoms. The molecule has 0 amide bonds. The molecule has 0 unspecified atom stereocenters. The van der Waals surface area contributed by atoms with Crippen molar-refractivity contribution < 1.29 is 4.74 Å². The van der Waals surface area contributed by atoms with E-state index in [1.807, 2.05) is 60.7 Å². The van der Waals surface area contributed by atoms with Crippen molar-refractivity contribution in [3.8, 4) is 11.5 Å². The Morgan fingerprint density at radius 2 is 0.929 bits per heavy atom. The van der Waals surface area contributed by atoms with Gasteiger partial charge in [-0.25, -0.2) is 0 Å². The average molecular weight is 379 g/mol. The van der Waals surface area contributed by atoms with Gasteiger partial charge in [0.1, 0.15) is 11.5 Å². The summed E-state index contributed by atoms with van der Waals surface area (Å²) in [5.74, 6) is 1.74. The Morgan fingerprint density at radius 3 is 1.29 bits per heavy atom. The van der Waals surface area contributed by atoms with E-state index < -0.39 is 0 Å². The molecule has 2 aromatic rings. The second-order valence-electron chi connectivity index (χ2n) is 2.73. The molecule has 0 aliphatic carbocycles. The molecule has 0 aromatic heterocycles. The van der Waals surface area contributed by atoms with Gasteiger partial charge in [0.2, 0.25) is 0 Å². The number of para-hydroxylation sites is 2. The largest absolute Gasteiger partial charge is 0.457 e. The van der Waals surface area contributed by atoms with Crippen molar-refractivity contribution >= 4 is 27.3 Å². The first kappa shape index (κ1) is 11.2. The molecule has 0 spiro atoms. The van der Waals surface area contributed by atoms with E-state index in [0.717, 1.165) is 11.5 Å². The van der Waals surface area contributed by atoms with E-state index in [2.05, 4.69) is 0 Å². The maximum atomic E-state index is 5.58. The van der Waals surface area contributed by atoms with Crippen LogP contribution in [-0.4, -0.2) is 27.3 Å². The van der Waals surface area contributed by atoms with Crippen LogP contribution >= 0.6 is 0 Å². The van der Waals surface area contributed by atoms with Gasteiger partial charge in [-0.3, -0.25) is 0 Å². The van der Waals surface area contributed by atoms with Gasteiger partial charge in [0.25, 0.3) is 0 Å². The number of rotatable bonds is 2. The minimum Gasteiger partial charge on any atom is -0.457 e. The summed E-state index contributed by atoms with van der Waals surface area (Å²) in [6.07, 6.45) is 0. The maximum absolute atomic E-state index is 5.58. The molecule has 0 saturated heterocycles. The molecule has 2 aromatic carbocycles. The van der Waals surface area contributed by atoms with Crippen LogP contribution < -0.4 is 4.74 Å². The van der Waals surface area contributed by atoms with Gasteiger partial charge in [0.05, 0.1) is 0 Å². The summed E-state index contributed by atoms with van der Waals surface area (Å²) < 4.78 is 5.58. The zero-order chi connectivity index (χ0) is 8.93. The SMILES string of the molecule is [PbH2].c1ccc(Oc2ccccc2)cc1. The zero-order valence-corrected chi connectivity index (χ0v) is 13.4. The van der Waals surface area contributed by atoms with E-state index in [-0.39, 0.29) is 27.3 Å². The second kappa shape index (κ2) is 5.80. The Balaban J connectivity index is 0.000000980. The normalized spacial score (nSPS) is 8.86. The quantitative estimate of drug-likeness (QED) is 0.729. The average Bonchev–Trinajstić information content (AvgIpc) is 2.21. The van der Waals surface area contributed by atoms with Crippen LogP contribution in [0.25, 0.3) is 0 Å². The predicted molar refractivity (Wildman–Crippen MR) is 61.5 cm³/mol. The first-order valence-electron chi connectivity index (χ1n) is 4.23. The molecule has 14 heavy (non-hydrogen) atoms. The van der Waals surface area contributed by atoms with Crippen LogP contribution in [0.5, 0.6) is 11.5 Å². The Kier molecular flexibility index (Phi) is 4.66. The number of hydrogen-bond acceptors (Lipinski definition) is 1. The number of hydrogen-bond donors (Lipinski definition) is 0. The van der Waals surface area contributed by atoms with Crippen LogP contribution in [0.3, 0.4) is 0 Å². The molecule has 0 N–H and O–H groups in total. The van der Waals surface area contributed by atoms with Gasteiger partial charge in [-0.05, 0) is 24.3 Å². The van der Waals surface area contributed by atoms with Crippen LogP contribution in [0.1, 0.15) is 0 Å². The monoisotopic (exact) mass is 380 g/mol. The van der Waals surface area contributed by atoms with Crippen molar-refractivity contribution in [1.29, 1.82) is 0 Å². The van der Waals surface area contributed by atoms with E-state index in [1.165, 1.54) is 0 Å². The van der Waals surface area contributed by atoms with Crippen LogP contribution in [-0.2, 0) is 0 Å². The third-order valence-corrected chi connectivity index (χ3v) is 1.72. The van der Waals surface area contributed by atoms with Crippen molar-refractivity contribution in [3.05, 3.63) is 60.7 Å². The van der Waals surface area contributed by atoms with E-state index in [0.29, 0.717) is 0 Å². The zero-order valence-electron chi connectivity index (χ0n) is 7.89. The molecule has 2 rings (SSSR count). The van der Waals surface area contributed by atoms with Crippen molar-refractivity contribution in [2.24, 2.45) is 0 Å². The summed E-state index contributed by atoms with van der Waals surface area (Å²) in [5.41, 5.74) is 0. The summed E-state index contributed by atoms with van der Waals surface area (Å²) in [6, 6.07) is 19.5. The van der Waals surface area contributed by atoms with Crippen molar-refractivity contribution in [3.63, 3.8) is 0 Å². The van der Waals surface area contributed by atoms with Gasteiger partial charge >= 0.3 is 27.3 Å². The third kappa shape index (κ3) is 3.14. The Bertz CT molecular complexity index is 321. The molecule has 70 valence electrons. The van der Waals surface area contributed by atoms with Gasteiger partial charge < -0.3 is 4.74 Å². The summed E-state index contributed by atoms with van der Waals surface area (Å²) in [5, 5.41) is 0. The first-order valence-corrected chi connectivity index (χ1v) is 4.23. The molecular weight excluding hydrogens is 367 g/mol. The Hall–Kier alpha value is -0.838. The standard InChI is InChI=1S/C12H10O.Pb.2H/c1-3-7-11(8-4-1)13-12-9-5-2-6-10-12;;;/h1-10H;;;. The van der Waals surface area contributed by atoms with Crippen LogP contribution in [0.2, 0.25) is 0 Å². The maximum Gasteiger partial charge on any atom is 0.127 e. The van der Waals surface area contributed by atoms with E-state index in [1.54, 1.807) is 0 Å². The van der Waals surface area contributed by atoms with Crippen LogP contribution in [0.15, 0.2) is 60.7 Å². The summed E-state index contributed by atoms with van der Waals surface area (Å²) in [6.45, 7) is 0. The fourth-order valence-corrected chi connectivity index (χ4v) is 1.11. The first-order chi connectivity index (χ1) is 6.45. The smallest absolute Gasteiger partial charge is 0.127 e. The minimum atomic E-state index is 0. The minimum absolute atomic E-state index is 0. The summed E-state index contributed by atoms with van der Waals surface area (Å²) in [7, 11) is 0. The van der Waals surface area contributed by atoms with Gasteiger partial charge in [-0.15, -0.1) is 0 Å². The molecule has 0 aliphatic heterocycles. The Morgan fingerprint density at radius 1 is 0.571 bits per heavy atom. The van der Waals surface area contributed by atoms with E-state index in [4.69, 9.17) is 4.74 Å². The second-order valence-corrected chi connectivity index (χ2v) is 2.73. The van der Waals surface area contributed by atoms with Gasteiger partial charge in [-0.1, -0.05) is 36.4 Å². The van der Waals surface area contributed by atoms with Gasteiger partial charge in [0, 0.05) is 0 Å². The van der Waals surface area contributed by atoms with E-state index in [9.17, 15) is 0 Å². The van der Waals surface area contributed by atoms with Gasteiger partial charge in [0.15, 0.2) is 0 Å². The molecule has 0 fully saturated rings. The molecule has 0 heterocycles. The predicted octanol–water partition coefficient (Wildman–Crippen LogP) is 2.56. The molecule has 0 bridgehead atoms. The fourth-order valence-electron chi connectivity index (χ4n) is 1.11. The Labute approximate surface area is 104 Å².